The summed E-state index contributed by atoms with van der Waals surface area (Å²) in [6.45, 7) is 7.35. The number of aromatic hydroxyl groups is 1. The molecule has 1 unspecified atom stereocenters. The Balaban J connectivity index is 1.54. The quantitative estimate of drug-likeness (QED) is 0.702. The molecule has 0 saturated carbocycles. The van der Waals surface area contributed by atoms with E-state index in [1.807, 2.05) is 12.1 Å². The van der Waals surface area contributed by atoms with Gasteiger partial charge in [-0.3, -0.25) is 0 Å². The van der Waals surface area contributed by atoms with Crippen LogP contribution in [0, 0.1) is 0 Å². The van der Waals surface area contributed by atoms with Crippen LogP contribution < -0.4 is 5.32 Å². The lowest BCUT2D eigenvalue weighted by Crippen LogP contribution is -2.36. The monoisotopic (exact) mass is 378 g/mol. The molecule has 1 aliphatic carbocycles. The Morgan fingerprint density at radius 2 is 1.93 bits per heavy atom. The SMILES string of the molecule is C=C(CCc1ccc2c(c1)CC(NC[C@H](C)c1ccc(O)cc1)CC2)N(C)C. The van der Waals surface area contributed by atoms with Crippen molar-refractivity contribution in [2.45, 2.75) is 51.0 Å². The van der Waals surface area contributed by atoms with Gasteiger partial charge in [-0.1, -0.05) is 43.8 Å². The Bertz CT molecular complexity index is 795. The molecule has 3 rings (SSSR count). The summed E-state index contributed by atoms with van der Waals surface area (Å²) < 4.78 is 0. The molecule has 28 heavy (non-hydrogen) atoms. The van der Waals surface area contributed by atoms with E-state index in [1.165, 1.54) is 34.4 Å². The van der Waals surface area contributed by atoms with Gasteiger partial charge in [0.15, 0.2) is 0 Å². The molecule has 0 amide bonds. The minimum Gasteiger partial charge on any atom is -0.508 e. The second-order valence-electron chi connectivity index (χ2n) is 8.40. The summed E-state index contributed by atoms with van der Waals surface area (Å²) in [5, 5.41) is 13.2. The highest BCUT2D eigenvalue weighted by atomic mass is 16.3. The molecule has 1 aliphatic rings. The summed E-state index contributed by atoms with van der Waals surface area (Å²) >= 11 is 0. The van der Waals surface area contributed by atoms with E-state index in [0.29, 0.717) is 17.7 Å². The molecule has 150 valence electrons. The molecule has 2 N–H and O–H groups in total. The van der Waals surface area contributed by atoms with Gasteiger partial charge in [-0.05, 0) is 72.4 Å². The number of fused-ring (bicyclic) bond motifs is 1. The molecular weight excluding hydrogens is 344 g/mol. The minimum atomic E-state index is 0.331. The Labute approximate surface area is 170 Å². The van der Waals surface area contributed by atoms with Crippen LogP contribution >= 0.6 is 0 Å². The Kier molecular flexibility index (Phi) is 6.79. The van der Waals surface area contributed by atoms with Crippen molar-refractivity contribution >= 4 is 0 Å². The fourth-order valence-corrected chi connectivity index (χ4v) is 3.92. The van der Waals surface area contributed by atoms with Gasteiger partial charge in [0, 0.05) is 32.4 Å². The van der Waals surface area contributed by atoms with Crippen molar-refractivity contribution < 1.29 is 5.11 Å². The van der Waals surface area contributed by atoms with Gasteiger partial charge in [-0.2, -0.15) is 0 Å². The average molecular weight is 379 g/mol. The number of aryl methyl sites for hydroxylation is 2. The number of hydrogen-bond acceptors (Lipinski definition) is 3. The third-order valence-corrected chi connectivity index (χ3v) is 6.01. The Morgan fingerprint density at radius 3 is 2.64 bits per heavy atom. The normalized spacial score (nSPS) is 17.0. The van der Waals surface area contributed by atoms with Crippen molar-refractivity contribution in [3.8, 4) is 5.75 Å². The van der Waals surface area contributed by atoms with Crippen LogP contribution in [0.25, 0.3) is 0 Å². The van der Waals surface area contributed by atoms with E-state index in [4.69, 9.17) is 0 Å². The molecule has 0 spiro atoms. The van der Waals surface area contributed by atoms with Crippen molar-refractivity contribution in [3.63, 3.8) is 0 Å². The first kappa shape index (κ1) is 20.5. The van der Waals surface area contributed by atoms with Crippen LogP contribution in [-0.4, -0.2) is 36.7 Å². The van der Waals surface area contributed by atoms with E-state index >= 15 is 0 Å². The number of allylic oxidation sites excluding steroid dienone is 1. The fourth-order valence-electron chi connectivity index (χ4n) is 3.92. The van der Waals surface area contributed by atoms with Crippen molar-refractivity contribution in [3.05, 3.63) is 77.0 Å². The predicted molar refractivity (Wildman–Crippen MR) is 118 cm³/mol. The van der Waals surface area contributed by atoms with Crippen LogP contribution in [0.4, 0.5) is 0 Å². The zero-order valence-electron chi connectivity index (χ0n) is 17.5. The summed E-state index contributed by atoms with van der Waals surface area (Å²) in [6.07, 6.45) is 5.54. The standard InChI is InChI=1S/C25H34N2O/c1-18(21-10-13-25(28)14-11-21)17-26-24-12-9-22-8-7-20(15-23(22)16-24)6-5-19(2)27(3)4/h7-8,10-11,13-15,18,24,26,28H,2,5-6,9,12,16-17H2,1,3-4H3/t18-,24?/m0/s1. The highest BCUT2D eigenvalue weighted by Crippen LogP contribution is 2.25. The van der Waals surface area contributed by atoms with E-state index < -0.39 is 0 Å². The first-order valence-corrected chi connectivity index (χ1v) is 10.4. The fraction of sp³-hybridized carbons (Fsp3) is 0.440. The molecule has 3 nitrogen and oxygen atoms in total. The van der Waals surface area contributed by atoms with Crippen molar-refractivity contribution in [2.24, 2.45) is 0 Å². The zero-order chi connectivity index (χ0) is 20.1. The molecule has 0 aliphatic heterocycles. The van der Waals surface area contributed by atoms with Crippen LogP contribution in [0.3, 0.4) is 0 Å². The summed E-state index contributed by atoms with van der Waals surface area (Å²) in [5.74, 6) is 0.767. The number of benzene rings is 2. The Hall–Kier alpha value is -2.26. The maximum absolute atomic E-state index is 9.46. The van der Waals surface area contributed by atoms with Gasteiger partial charge in [-0.15, -0.1) is 0 Å². The molecule has 2 atom stereocenters. The molecule has 0 heterocycles. The highest BCUT2D eigenvalue weighted by molar-refractivity contribution is 5.35. The summed E-state index contributed by atoms with van der Waals surface area (Å²) in [5.41, 5.74) is 6.89. The molecule has 0 radical (unpaired) electrons. The number of phenols is 1. The smallest absolute Gasteiger partial charge is 0.115 e. The molecule has 0 aromatic heterocycles. The van der Waals surface area contributed by atoms with Crippen molar-refractivity contribution in [1.29, 1.82) is 0 Å². The van der Waals surface area contributed by atoms with Gasteiger partial charge < -0.3 is 15.3 Å². The molecule has 2 aromatic carbocycles. The number of phenolic OH excluding ortho intramolecular Hbond substituents is 1. The maximum atomic E-state index is 9.46. The maximum Gasteiger partial charge on any atom is 0.115 e. The first-order chi connectivity index (χ1) is 13.4. The second-order valence-corrected chi connectivity index (χ2v) is 8.40. The van der Waals surface area contributed by atoms with Gasteiger partial charge >= 0.3 is 0 Å². The zero-order valence-corrected chi connectivity index (χ0v) is 17.5. The van der Waals surface area contributed by atoms with Gasteiger partial charge in [0.2, 0.25) is 0 Å². The number of hydrogen-bond donors (Lipinski definition) is 2. The largest absolute Gasteiger partial charge is 0.508 e. The van der Waals surface area contributed by atoms with Gasteiger partial charge in [0.05, 0.1) is 0 Å². The summed E-state index contributed by atoms with van der Waals surface area (Å²) in [4.78, 5) is 2.10. The molecule has 0 fully saturated rings. The summed E-state index contributed by atoms with van der Waals surface area (Å²) in [6, 6.07) is 15.2. The second kappa shape index (κ2) is 9.29. The van der Waals surface area contributed by atoms with Crippen LogP contribution in [0.15, 0.2) is 54.7 Å². The molecular formula is C25H34N2O. The first-order valence-electron chi connectivity index (χ1n) is 10.4. The summed E-state index contributed by atoms with van der Waals surface area (Å²) in [7, 11) is 4.12. The van der Waals surface area contributed by atoms with Gasteiger partial charge in [0.1, 0.15) is 5.75 Å². The molecule has 0 saturated heterocycles. The van der Waals surface area contributed by atoms with Crippen LogP contribution in [-0.2, 0) is 19.3 Å². The van der Waals surface area contributed by atoms with E-state index in [2.05, 4.69) is 56.0 Å². The lowest BCUT2D eigenvalue weighted by Gasteiger charge is -2.27. The van der Waals surface area contributed by atoms with Crippen LogP contribution in [0.1, 0.15) is 47.9 Å². The highest BCUT2D eigenvalue weighted by Gasteiger charge is 2.19. The van der Waals surface area contributed by atoms with Gasteiger partial charge in [0.25, 0.3) is 0 Å². The van der Waals surface area contributed by atoms with Crippen molar-refractivity contribution in [1.82, 2.24) is 10.2 Å². The molecule has 3 heteroatoms. The van der Waals surface area contributed by atoms with E-state index in [1.54, 1.807) is 12.1 Å². The van der Waals surface area contributed by atoms with E-state index in [9.17, 15) is 5.11 Å². The topological polar surface area (TPSA) is 35.5 Å². The Morgan fingerprint density at radius 1 is 1.18 bits per heavy atom. The third-order valence-electron chi connectivity index (χ3n) is 6.01. The van der Waals surface area contributed by atoms with Crippen LogP contribution in [0.5, 0.6) is 5.75 Å². The third kappa shape index (κ3) is 5.39. The number of nitrogens with zero attached hydrogens (tertiary/aromatic N) is 1. The lowest BCUT2D eigenvalue weighted by molar-refractivity contribution is 0.444. The average Bonchev–Trinajstić information content (AvgIpc) is 2.70. The van der Waals surface area contributed by atoms with Crippen LogP contribution in [0.2, 0.25) is 0 Å². The van der Waals surface area contributed by atoms with Gasteiger partial charge in [-0.25, -0.2) is 0 Å². The molecule has 0 bridgehead atoms. The van der Waals surface area contributed by atoms with E-state index in [-0.39, 0.29) is 0 Å². The minimum absolute atomic E-state index is 0.331. The predicted octanol–water partition coefficient (Wildman–Crippen LogP) is 4.65. The molecule has 2 aromatic rings. The lowest BCUT2D eigenvalue weighted by atomic mass is 9.86. The number of rotatable bonds is 8. The van der Waals surface area contributed by atoms with Crippen molar-refractivity contribution in [2.75, 3.05) is 20.6 Å². The number of nitrogens with one attached hydrogen (secondary N) is 1. The van der Waals surface area contributed by atoms with E-state index in [0.717, 1.165) is 32.2 Å².